The van der Waals surface area contributed by atoms with Crippen molar-refractivity contribution in [3.05, 3.63) is 59.2 Å². The van der Waals surface area contributed by atoms with Crippen molar-refractivity contribution in [1.82, 2.24) is 4.90 Å². The lowest BCUT2D eigenvalue weighted by Gasteiger charge is -2.26. The third-order valence-corrected chi connectivity index (χ3v) is 5.24. The monoisotopic (exact) mass is 350 g/mol. The zero-order valence-electron chi connectivity index (χ0n) is 15.1. The van der Waals surface area contributed by atoms with Crippen LogP contribution in [-0.4, -0.2) is 36.4 Å². The Labute approximate surface area is 153 Å². The molecule has 2 aromatic carbocycles. The maximum atomic E-state index is 13.3. The number of rotatable bonds is 3. The van der Waals surface area contributed by atoms with Crippen molar-refractivity contribution in [3.8, 4) is 5.75 Å². The number of aryl methyl sites for hydroxylation is 1. The molecule has 2 aliphatic heterocycles. The summed E-state index contributed by atoms with van der Waals surface area (Å²) in [5.74, 6) is 0.759. The fraction of sp³-hybridized carbons (Fsp3) is 0.333. The van der Waals surface area contributed by atoms with Crippen LogP contribution in [0.4, 0.5) is 5.69 Å². The second-order valence-electron chi connectivity index (χ2n) is 6.95. The van der Waals surface area contributed by atoms with Gasteiger partial charge in [-0.1, -0.05) is 23.8 Å². The molecule has 0 saturated carbocycles. The van der Waals surface area contributed by atoms with Crippen molar-refractivity contribution in [1.29, 1.82) is 0 Å². The minimum absolute atomic E-state index is 0.00858. The molecule has 1 saturated heterocycles. The van der Waals surface area contributed by atoms with Crippen LogP contribution in [0.1, 0.15) is 34.3 Å². The summed E-state index contributed by atoms with van der Waals surface area (Å²) in [4.78, 5) is 29.8. The Morgan fingerprint density at radius 1 is 1.12 bits per heavy atom. The van der Waals surface area contributed by atoms with Crippen LogP contribution < -0.4 is 9.64 Å². The first-order valence-corrected chi connectivity index (χ1v) is 8.94. The number of hydrogen-bond acceptors (Lipinski definition) is 3. The van der Waals surface area contributed by atoms with Crippen molar-refractivity contribution < 1.29 is 14.3 Å². The van der Waals surface area contributed by atoms with Crippen molar-refractivity contribution in [2.45, 2.75) is 32.4 Å². The minimum atomic E-state index is -0.353. The van der Waals surface area contributed by atoms with Crippen molar-refractivity contribution >= 4 is 17.5 Å². The second kappa shape index (κ2) is 6.48. The van der Waals surface area contributed by atoms with Crippen LogP contribution in [0.25, 0.3) is 0 Å². The van der Waals surface area contributed by atoms with Gasteiger partial charge in [0.15, 0.2) is 0 Å². The molecule has 0 spiro atoms. The quantitative estimate of drug-likeness (QED) is 0.854. The first-order chi connectivity index (χ1) is 12.6. The van der Waals surface area contributed by atoms with E-state index >= 15 is 0 Å². The summed E-state index contributed by atoms with van der Waals surface area (Å²) < 4.78 is 5.21. The van der Waals surface area contributed by atoms with Gasteiger partial charge in [0, 0.05) is 6.54 Å². The number of hydrogen-bond donors (Lipinski definition) is 0. The predicted octanol–water partition coefficient (Wildman–Crippen LogP) is 3.16. The van der Waals surface area contributed by atoms with E-state index in [0.717, 1.165) is 29.7 Å². The lowest BCUT2D eigenvalue weighted by molar-refractivity contribution is -0.122. The molecule has 0 aliphatic carbocycles. The minimum Gasteiger partial charge on any atom is -0.497 e. The highest BCUT2D eigenvalue weighted by Crippen LogP contribution is 2.34. The van der Waals surface area contributed by atoms with Crippen LogP contribution >= 0.6 is 0 Å². The molecule has 2 aromatic rings. The van der Waals surface area contributed by atoms with Crippen LogP contribution in [-0.2, 0) is 11.3 Å². The smallest absolute Gasteiger partial charge is 0.256 e. The Balaban J connectivity index is 1.77. The van der Waals surface area contributed by atoms with Gasteiger partial charge in [-0.3, -0.25) is 9.59 Å². The highest BCUT2D eigenvalue weighted by Gasteiger charge is 2.41. The standard InChI is InChI=1S/C21H22N2O3/c1-14-5-10-18-17(12-14)20(24)22-11-3-4-19(22)21(25)23(18)13-15-6-8-16(26-2)9-7-15/h5-10,12,19H,3-4,11,13H2,1-2H3/t19-/m0/s1. The number of amides is 2. The summed E-state index contributed by atoms with van der Waals surface area (Å²) in [5.41, 5.74) is 3.35. The van der Waals surface area contributed by atoms with Gasteiger partial charge in [0.2, 0.25) is 5.91 Å². The van der Waals surface area contributed by atoms with E-state index in [4.69, 9.17) is 4.74 Å². The second-order valence-corrected chi connectivity index (χ2v) is 6.95. The summed E-state index contributed by atoms with van der Waals surface area (Å²) in [5, 5.41) is 0. The maximum Gasteiger partial charge on any atom is 0.256 e. The van der Waals surface area contributed by atoms with E-state index in [9.17, 15) is 9.59 Å². The third-order valence-electron chi connectivity index (χ3n) is 5.24. The maximum absolute atomic E-state index is 13.3. The fourth-order valence-corrected chi connectivity index (χ4v) is 3.85. The molecule has 2 aliphatic rings. The molecule has 0 N–H and O–H groups in total. The van der Waals surface area contributed by atoms with Gasteiger partial charge in [-0.15, -0.1) is 0 Å². The van der Waals surface area contributed by atoms with Crippen LogP contribution in [0.5, 0.6) is 5.75 Å². The molecule has 1 fully saturated rings. The molecule has 2 amide bonds. The van der Waals surface area contributed by atoms with Crippen LogP contribution in [0.15, 0.2) is 42.5 Å². The molecule has 5 nitrogen and oxygen atoms in total. The van der Waals surface area contributed by atoms with Gasteiger partial charge in [0.05, 0.1) is 24.9 Å². The SMILES string of the molecule is COc1ccc(CN2C(=O)[C@@H]3CCCN3C(=O)c3cc(C)ccc32)cc1. The summed E-state index contributed by atoms with van der Waals surface area (Å²) in [7, 11) is 1.63. The third kappa shape index (κ3) is 2.73. The average molecular weight is 350 g/mol. The van der Waals surface area contributed by atoms with Crippen molar-refractivity contribution in [2.75, 3.05) is 18.6 Å². The molecule has 0 bridgehead atoms. The summed E-state index contributed by atoms with van der Waals surface area (Å²) in [6.45, 7) is 3.06. The average Bonchev–Trinajstić information content (AvgIpc) is 3.13. The number of carbonyl (C=O) groups excluding carboxylic acids is 2. The van der Waals surface area contributed by atoms with Gasteiger partial charge >= 0.3 is 0 Å². The topological polar surface area (TPSA) is 49.9 Å². The zero-order chi connectivity index (χ0) is 18.3. The van der Waals surface area contributed by atoms with Gasteiger partial charge in [0.25, 0.3) is 5.91 Å². The van der Waals surface area contributed by atoms with Crippen molar-refractivity contribution in [2.24, 2.45) is 0 Å². The molecule has 4 rings (SSSR count). The molecule has 1 atom stereocenters. The van der Waals surface area contributed by atoms with Crippen molar-refractivity contribution in [3.63, 3.8) is 0 Å². The highest BCUT2D eigenvalue weighted by atomic mass is 16.5. The molecule has 0 radical (unpaired) electrons. The summed E-state index contributed by atoms with van der Waals surface area (Å²) >= 11 is 0. The predicted molar refractivity (Wildman–Crippen MR) is 99.4 cm³/mol. The first-order valence-electron chi connectivity index (χ1n) is 8.94. The summed E-state index contributed by atoms with van der Waals surface area (Å²) in [6, 6.07) is 13.1. The number of benzene rings is 2. The van der Waals surface area contributed by atoms with Gasteiger partial charge in [-0.25, -0.2) is 0 Å². The van der Waals surface area contributed by atoms with Gasteiger partial charge in [-0.2, -0.15) is 0 Å². The van der Waals surface area contributed by atoms with E-state index in [1.54, 1.807) is 16.9 Å². The van der Waals surface area contributed by atoms with E-state index in [0.29, 0.717) is 24.3 Å². The molecule has 134 valence electrons. The Morgan fingerprint density at radius 2 is 1.88 bits per heavy atom. The van der Waals surface area contributed by atoms with Crippen LogP contribution in [0, 0.1) is 6.92 Å². The number of methoxy groups -OCH3 is 1. The number of nitrogens with zero attached hydrogens (tertiary/aromatic N) is 2. The number of ether oxygens (including phenoxy) is 1. The molecule has 0 unspecified atom stereocenters. The normalized spacial score (nSPS) is 19.2. The molecule has 5 heteroatoms. The van der Waals surface area contributed by atoms with E-state index in [-0.39, 0.29) is 17.9 Å². The Bertz CT molecular complexity index is 860. The van der Waals surface area contributed by atoms with E-state index in [2.05, 4.69) is 0 Å². The van der Waals surface area contributed by atoms with E-state index < -0.39 is 0 Å². The van der Waals surface area contributed by atoms with E-state index in [1.807, 2.05) is 49.4 Å². The van der Waals surface area contributed by atoms with Crippen LogP contribution in [0.2, 0.25) is 0 Å². The number of anilines is 1. The van der Waals surface area contributed by atoms with Gasteiger partial charge < -0.3 is 14.5 Å². The molecular weight excluding hydrogens is 328 g/mol. The number of carbonyl (C=O) groups is 2. The van der Waals surface area contributed by atoms with E-state index in [1.165, 1.54) is 0 Å². The number of fused-ring (bicyclic) bond motifs is 2. The molecular formula is C21H22N2O3. The molecule has 2 heterocycles. The lowest BCUT2D eigenvalue weighted by Crippen LogP contribution is -2.44. The van der Waals surface area contributed by atoms with Gasteiger partial charge in [0.1, 0.15) is 11.8 Å². The Hall–Kier alpha value is -2.82. The first kappa shape index (κ1) is 16.6. The van der Waals surface area contributed by atoms with Crippen LogP contribution in [0.3, 0.4) is 0 Å². The largest absolute Gasteiger partial charge is 0.497 e. The fourth-order valence-electron chi connectivity index (χ4n) is 3.85. The highest BCUT2D eigenvalue weighted by molar-refractivity contribution is 6.11. The lowest BCUT2D eigenvalue weighted by atomic mass is 10.1. The Morgan fingerprint density at radius 3 is 2.62 bits per heavy atom. The van der Waals surface area contributed by atoms with Gasteiger partial charge in [-0.05, 0) is 49.6 Å². The molecule has 26 heavy (non-hydrogen) atoms. The Kier molecular flexibility index (Phi) is 4.15. The summed E-state index contributed by atoms with van der Waals surface area (Å²) in [6.07, 6.45) is 1.61. The zero-order valence-corrected chi connectivity index (χ0v) is 15.1. The molecule has 0 aromatic heterocycles.